The van der Waals surface area contributed by atoms with Crippen LogP contribution >= 0.6 is 0 Å². The van der Waals surface area contributed by atoms with Gasteiger partial charge in [-0.2, -0.15) is 0 Å². The van der Waals surface area contributed by atoms with Crippen LogP contribution in [0.2, 0.25) is 0 Å². The van der Waals surface area contributed by atoms with Crippen molar-refractivity contribution in [3.8, 4) is 0 Å². The summed E-state index contributed by atoms with van der Waals surface area (Å²) >= 11 is 0. The monoisotopic (exact) mass is 275 g/mol. The fraction of sp³-hybridized carbons (Fsp3) is 1.00. The maximum absolute atomic E-state index is 11.1. The molecule has 0 bridgehead atoms. The molecule has 0 aromatic rings. The molecule has 1 saturated carbocycles. The Balaban J connectivity index is 2.27. The summed E-state index contributed by atoms with van der Waals surface area (Å²) in [6, 6.07) is 0.618. The first-order chi connectivity index (χ1) is 8.53. The fourth-order valence-corrected chi connectivity index (χ4v) is 3.65. The van der Waals surface area contributed by atoms with E-state index in [0.29, 0.717) is 11.8 Å². The fourth-order valence-electron chi connectivity index (χ4n) is 2.92. The molecule has 1 aliphatic rings. The number of sulfone groups is 1. The summed E-state index contributed by atoms with van der Waals surface area (Å²) in [7, 11) is -2.78. The normalized spacial score (nSPS) is 19.2. The van der Waals surface area contributed by atoms with Gasteiger partial charge in [-0.3, -0.25) is 0 Å². The van der Waals surface area contributed by atoms with Gasteiger partial charge < -0.3 is 5.32 Å². The van der Waals surface area contributed by atoms with E-state index in [4.69, 9.17) is 0 Å². The molecule has 18 heavy (non-hydrogen) atoms. The van der Waals surface area contributed by atoms with Crippen LogP contribution in [-0.2, 0) is 9.84 Å². The number of hydrogen-bond donors (Lipinski definition) is 1. The van der Waals surface area contributed by atoms with Crippen LogP contribution in [-0.4, -0.2) is 33.0 Å². The lowest BCUT2D eigenvalue weighted by Gasteiger charge is -2.24. The van der Waals surface area contributed by atoms with Gasteiger partial charge in [0, 0.05) is 18.1 Å². The molecule has 1 aliphatic carbocycles. The minimum absolute atomic E-state index is 0.345. The summed E-state index contributed by atoms with van der Waals surface area (Å²) in [6.07, 6.45) is 10.9. The van der Waals surface area contributed by atoms with Gasteiger partial charge in [0.2, 0.25) is 0 Å². The highest BCUT2D eigenvalue weighted by molar-refractivity contribution is 7.90. The average Bonchev–Trinajstić information content (AvgIpc) is 2.80. The Morgan fingerprint density at radius 3 is 2.44 bits per heavy atom. The molecule has 0 aromatic carbocycles. The van der Waals surface area contributed by atoms with Gasteiger partial charge in [0.05, 0.1) is 0 Å². The molecule has 1 N–H and O–H groups in total. The Hall–Kier alpha value is -0.0900. The summed E-state index contributed by atoms with van der Waals surface area (Å²) in [4.78, 5) is 0. The summed E-state index contributed by atoms with van der Waals surface area (Å²) in [5, 5.41) is 3.66. The third-order valence-electron chi connectivity index (χ3n) is 3.91. The van der Waals surface area contributed by atoms with Crippen LogP contribution in [0.3, 0.4) is 0 Å². The lowest BCUT2D eigenvalue weighted by Crippen LogP contribution is -2.35. The molecule has 1 fully saturated rings. The molecule has 4 heteroatoms. The summed E-state index contributed by atoms with van der Waals surface area (Å²) in [5.74, 6) is 1.17. The molecule has 108 valence electrons. The predicted octanol–water partition coefficient (Wildman–Crippen LogP) is 2.76. The first kappa shape index (κ1) is 16.0. The molecule has 0 radical (unpaired) electrons. The van der Waals surface area contributed by atoms with Gasteiger partial charge >= 0.3 is 0 Å². The topological polar surface area (TPSA) is 46.2 Å². The lowest BCUT2D eigenvalue weighted by atomic mass is 9.93. The molecule has 0 heterocycles. The Morgan fingerprint density at radius 1 is 1.22 bits per heavy atom. The van der Waals surface area contributed by atoms with Crippen LogP contribution in [0.25, 0.3) is 0 Å². The van der Waals surface area contributed by atoms with Crippen molar-refractivity contribution >= 4 is 9.84 Å². The highest BCUT2D eigenvalue weighted by Gasteiger charge is 2.23. The van der Waals surface area contributed by atoms with Crippen LogP contribution in [0.5, 0.6) is 0 Å². The molecule has 1 unspecified atom stereocenters. The van der Waals surface area contributed by atoms with Gasteiger partial charge in [-0.05, 0) is 44.6 Å². The third-order valence-corrected chi connectivity index (χ3v) is 4.94. The van der Waals surface area contributed by atoms with E-state index >= 15 is 0 Å². The molecule has 1 atom stereocenters. The molecule has 0 aliphatic heterocycles. The third kappa shape index (κ3) is 6.74. The molecule has 0 aromatic heterocycles. The van der Waals surface area contributed by atoms with Crippen molar-refractivity contribution in [3.63, 3.8) is 0 Å². The van der Waals surface area contributed by atoms with Crippen LogP contribution < -0.4 is 5.32 Å². The zero-order valence-electron chi connectivity index (χ0n) is 12.0. The van der Waals surface area contributed by atoms with Crippen molar-refractivity contribution in [2.45, 2.75) is 64.3 Å². The maximum Gasteiger partial charge on any atom is 0.147 e. The molecular formula is C14H29NO2S. The number of nitrogens with one attached hydrogen (secondary N) is 1. The van der Waals surface area contributed by atoms with E-state index in [1.165, 1.54) is 38.4 Å². The first-order valence-electron chi connectivity index (χ1n) is 7.44. The smallest absolute Gasteiger partial charge is 0.147 e. The molecule has 0 saturated heterocycles. The Bertz CT molecular complexity index is 308. The Labute approximate surface area is 113 Å². The molecule has 0 spiro atoms. The van der Waals surface area contributed by atoms with Crippen LogP contribution in [0.15, 0.2) is 0 Å². The summed E-state index contributed by atoms with van der Waals surface area (Å²) < 4.78 is 22.2. The Kier molecular flexibility index (Phi) is 7.23. The highest BCUT2D eigenvalue weighted by Crippen LogP contribution is 2.29. The zero-order valence-corrected chi connectivity index (χ0v) is 12.8. The summed E-state index contributed by atoms with van der Waals surface area (Å²) in [6.45, 7) is 3.29. The van der Waals surface area contributed by atoms with Crippen molar-refractivity contribution in [3.05, 3.63) is 0 Å². The highest BCUT2D eigenvalue weighted by atomic mass is 32.2. The van der Waals surface area contributed by atoms with E-state index < -0.39 is 9.84 Å². The second-order valence-corrected chi connectivity index (χ2v) is 7.99. The van der Waals surface area contributed by atoms with Crippen molar-refractivity contribution in [1.82, 2.24) is 5.32 Å². The van der Waals surface area contributed by atoms with Crippen molar-refractivity contribution in [1.29, 1.82) is 0 Å². The van der Waals surface area contributed by atoms with E-state index in [0.717, 1.165) is 31.7 Å². The number of unbranched alkanes of at least 4 members (excludes halogenated alkanes) is 1. The SMILES string of the molecule is CCCNC(CCCCS(C)(=O)=O)C1CCCC1. The van der Waals surface area contributed by atoms with Gasteiger partial charge in [-0.25, -0.2) is 8.42 Å². The first-order valence-corrected chi connectivity index (χ1v) is 9.50. The van der Waals surface area contributed by atoms with E-state index in [1.54, 1.807) is 0 Å². The largest absolute Gasteiger partial charge is 0.314 e. The average molecular weight is 275 g/mol. The van der Waals surface area contributed by atoms with E-state index in [9.17, 15) is 8.42 Å². The quantitative estimate of drug-likeness (QED) is 0.658. The van der Waals surface area contributed by atoms with Gasteiger partial charge in [0.15, 0.2) is 0 Å². The van der Waals surface area contributed by atoms with Gasteiger partial charge in [-0.15, -0.1) is 0 Å². The van der Waals surface area contributed by atoms with Crippen LogP contribution in [0.4, 0.5) is 0 Å². The van der Waals surface area contributed by atoms with Gasteiger partial charge in [-0.1, -0.05) is 26.2 Å². The zero-order chi connectivity index (χ0) is 13.4. The van der Waals surface area contributed by atoms with E-state index in [2.05, 4.69) is 12.2 Å². The van der Waals surface area contributed by atoms with Crippen molar-refractivity contribution in [2.24, 2.45) is 5.92 Å². The second-order valence-electron chi connectivity index (χ2n) is 5.73. The van der Waals surface area contributed by atoms with Gasteiger partial charge in [0.25, 0.3) is 0 Å². The maximum atomic E-state index is 11.1. The molecule has 1 rings (SSSR count). The standard InChI is InChI=1S/C14H29NO2S/c1-3-11-15-14(13-8-4-5-9-13)10-6-7-12-18(2,16)17/h13-15H,3-12H2,1-2H3. The van der Waals surface area contributed by atoms with Crippen molar-refractivity contribution < 1.29 is 8.42 Å². The lowest BCUT2D eigenvalue weighted by molar-refractivity contribution is 0.334. The second kappa shape index (κ2) is 8.16. The summed E-state index contributed by atoms with van der Waals surface area (Å²) in [5.41, 5.74) is 0. The minimum Gasteiger partial charge on any atom is -0.314 e. The predicted molar refractivity (Wildman–Crippen MR) is 77.6 cm³/mol. The van der Waals surface area contributed by atoms with Gasteiger partial charge in [0.1, 0.15) is 9.84 Å². The van der Waals surface area contributed by atoms with Crippen LogP contribution in [0.1, 0.15) is 58.3 Å². The van der Waals surface area contributed by atoms with Crippen LogP contribution in [0, 0.1) is 5.92 Å². The Morgan fingerprint density at radius 2 is 1.89 bits per heavy atom. The molecule has 3 nitrogen and oxygen atoms in total. The molecule has 0 amide bonds. The minimum atomic E-state index is -2.78. The number of hydrogen-bond acceptors (Lipinski definition) is 3. The van der Waals surface area contributed by atoms with E-state index in [-0.39, 0.29) is 0 Å². The molecular weight excluding hydrogens is 246 g/mol. The van der Waals surface area contributed by atoms with E-state index in [1.807, 2.05) is 0 Å². The van der Waals surface area contributed by atoms with Crippen molar-refractivity contribution in [2.75, 3.05) is 18.6 Å². The number of rotatable bonds is 9.